The van der Waals surface area contributed by atoms with Gasteiger partial charge in [0.1, 0.15) is 23.1 Å². The Morgan fingerprint density at radius 3 is 2.17 bits per heavy atom. The molecule has 9 nitrogen and oxygen atoms in total. The normalized spacial score (nSPS) is 32.0. The SMILES string of the molecule is CCN1C(=O)[C@H]2[C@H](CC=C3[C@H]2C[C@@]2(Cl)C(=O)N(c4ccc(F)cc4)C(=O)[C@@]2(Cl)[C@H]3c2c(OC)cc(O)cc2OC)C1=O. The van der Waals surface area contributed by atoms with E-state index in [1.165, 1.54) is 43.4 Å². The molecule has 6 atom stereocenters. The summed E-state index contributed by atoms with van der Waals surface area (Å²) in [6.07, 6.45) is 1.80. The lowest BCUT2D eigenvalue weighted by Crippen LogP contribution is -2.60. The highest BCUT2D eigenvalue weighted by Crippen LogP contribution is 2.67. The van der Waals surface area contributed by atoms with Crippen molar-refractivity contribution in [2.24, 2.45) is 17.8 Å². The molecule has 2 aromatic carbocycles. The van der Waals surface area contributed by atoms with Crippen LogP contribution >= 0.6 is 23.2 Å². The highest BCUT2D eigenvalue weighted by molar-refractivity contribution is 6.58. The number of likely N-dealkylation sites (tertiary alicyclic amines) is 1. The molecular formula is C30H27Cl2FN2O7. The molecule has 4 amide bonds. The summed E-state index contributed by atoms with van der Waals surface area (Å²) in [5.74, 6) is -6.27. The second-order valence-corrected chi connectivity index (χ2v) is 12.2. The van der Waals surface area contributed by atoms with Crippen LogP contribution in [0.5, 0.6) is 17.2 Å². The number of rotatable bonds is 5. The fourth-order valence-electron chi connectivity index (χ4n) is 7.30. The first-order chi connectivity index (χ1) is 19.9. The first kappa shape index (κ1) is 28.5. The number of imide groups is 2. The quantitative estimate of drug-likeness (QED) is 0.305. The summed E-state index contributed by atoms with van der Waals surface area (Å²) in [7, 11) is 2.73. The summed E-state index contributed by atoms with van der Waals surface area (Å²) in [6.45, 7) is 1.90. The Hall–Kier alpha value is -3.63. The van der Waals surface area contributed by atoms with Gasteiger partial charge >= 0.3 is 0 Å². The van der Waals surface area contributed by atoms with E-state index in [-0.39, 0.29) is 59.7 Å². The molecule has 1 N–H and O–H groups in total. The Labute approximate surface area is 250 Å². The second-order valence-electron chi connectivity index (χ2n) is 10.9. The molecule has 0 radical (unpaired) electrons. The van der Waals surface area contributed by atoms with Gasteiger partial charge in [0.25, 0.3) is 11.8 Å². The van der Waals surface area contributed by atoms with E-state index in [0.29, 0.717) is 5.57 Å². The molecular weight excluding hydrogens is 590 g/mol. The molecule has 2 aliphatic heterocycles. The standard InChI is InChI=1S/C30H27Cl2FN2O7/c1-4-34-25(37)18-10-9-17-19(22(18)26(34)38)13-29(31)27(39)35(15-7-5-14(33)6-8-15)28(40)30(29,32)24(17)23-20(41-2)11-16(36)12-21(23)42-3/h5-9,11-12,18-19,22,24,36H,4,10,13H2,1-3H3/t18-,19+,22-,24+,29+,30-/m0/s1. The summed E-state index contributed by atoms with van der Waals surface area (Å²) in [5.41, 5.74) is 0.868. The third-order valence-electron chi connectivity index (χ3n) is 9.12. The maximum absolute atomic E-state index is 14.4. The van der Waals surface area contributed by atoms with Crippen molar-refractivity contribution in [2.45, 2.75) is 35.4 Å². The van der Waals surface area contributed by atoms with E-state index in [4.69, 9.17) is 32.7 Å². The number of aromatic hydroxyl groups is 1. The molecule has 6 rings (SSSR count). The number of carbonyl (C=O) groups excluding carboxylic acids is 4. The maximum Gasteiger partial charge on any atom is 0.258 e. The van der Waals surface area contributed by atoms with Gasteiger partial charge < -0.3 is 14.6 Å². The number of phenols is 1. The Balaban J connectivity index is 1.63. The van der Waals surface area contributed by atoms with Crippen molar-refractivity contribution in [2.75, 3.05) is 25.7 Å². The van der Waals surface area contributed by atoms with Crippen LogP contribution in [0.1, 0.15) is 31.2 Å². The molecule has 42 heavy (non-hydrogen) atoms. The van der Waals surface area contributed by atoms with Crippen LogP contribution in [0.2, 0.25) is 0 Å². The number of nitrogens with zero attached hydrogens (tertiary/aromatic N) is 2. The van der Waals surface area contributed by atoms with E-state index in [9.17, 15) is 28.7 Å². The molecule has 12 heteroatoms. The minimum atomic E-state index is -2.16. The van der Waals surface area contributed by atoms with Gasteiger partial charge in [0, 0.05) is 30.2 Å². The van der Waals surface area contributed by atoms with Crippen molar-refractivity contribution < 1.29 is 38.1 Å². The molecule has 0 unspecified atom stereocenters. The van der Waals surface area contributed by atoms with Crippen molar-refractivity contribution in [3.05, 3.63) is 59.4 Å². The average Bonchev–Trinajstić information content (AvgIpc) is 3.30. The van der Waals surface area contributed by atoms with Gasteiger partial charge in [0.15, 0.2) is 9.75 Å². The Morgan fingerprint density at radius 1 is 0.976 bits per heavy atom. The molecule has 2 saturated heterocycles. The van der Waals surface area contributed by atoms with E-state index in [2.05, 4.69) is 0 Å². The molecule has 2 aliphatic carbocycles. The maximum atomic E-state index is 14.4. The lowest BCUT2D eigenvalue weighted by atomic mass is 9.56. The van der Waals surface area contributed by atoms with Crippen LogP contribution in [-0.2, 0) is 19.2 Å². The van der Waals surface area contributed by atoms with Crippen molar-refractivity contribution in [3.63, 3.8) is 0 Å². The van der Waals surface area contributed by atoms with Crippen molar-refractivity contribution >= 4 is 52.5 Å². The van der Waals surface area contributed by atoms with Gasteiger partial charge in [-0.05, 0) is 49.9 Å². The molecule has 3 fully saturated rings. The number of methoxy groups -OCH3 is 2. The number of phenolic OH excluding ortho intramolecular Hbond substituents is 1. The first-order valence-corrected chi connectivity index (χ1v) is 14.2. The molecule has 220 valence electrons. The van der Waals surface area contributed by atoms with Gasteiger partial charge in [0.05, 0.1) is 31.7 Å². The Bertz CT molecular complexity index is 1550. The number of hydrogen-bond acceptors (Lipinski definition) is 7. The summed E-state index contributed by atoms with van der Waals surface area (Å²) in [4.78, 5) is 53.3. The molecule has 2 aromatic rings. The molecule has 0 spiro atoms. The van der Waals surface area contributed by atoms with E-state index in [1.807, 2.05) is 0 Å². The third kappa shape index (κ3) is 3.54. The van der Waals surface area contributed by atoms with Gasteiger partial charge in [0.2, 0.25) is 11.8 Å². The molecule has 0 aromatic heterocycles. The zero-order valence-corrected chi connectivity index (χ0v) is 24.4. The highest BCUT2D eigenvalue weighted by atomic mass is 35.5. The van der Waals surface area contributed by atoms with E-state index < -0.39 is 51.1 Å². The number of halogens is 3. The van der Waals surface area contributed by atoms with Gasteiger partial charge in [-0.2, -0.15) is 0 Å². The minimum absolute atomic E-state index is 0.0725. The lowest BCUT2D eigenvalue weighted by molar-refractivity contribution is -0.140. The van der Waals surface area contributed by atoms with Crippen molar-refractivity contribution in [1.29, 1.82) is 0 Å². The Morgan fingerprint density at radius 2 is 1.60 bits per heavy atom. The molecule has 2 heterocycles. The summed E-state index contributed by atoms with van der Waals surface area (Å²) >= 11 is 14.7. The second kappa shape index (κ2) is 9.70. The number of anilines is 1. The van der Waals surface area contributed by atoms with Crippen LogP contribution in [0.4, 0.5) is 10.1 Å². The van der Waals surface area contributed by atoms with Crippen molar-refractivity contribution in [1.82, 2.24) is 4.90 Å². The molecule has 1 saturated carbocycles. The number of benzene rings is 2. The smallest absolute Gasteiger partial charge is 0.258 e. The lowest BCUT2D eigenvalue weighted by Gasteiger charge is -2.51. The molecule has 4 aliphatic rings. The summed E-state index contributed by atoms with van der Waals surface area (Å²) in [6, 6.07) is 7.43. The van der Waals surface area contributed by atoms with Gasteiger partial charge in [-0.1, -0.05) is 11.6 Å². The third-order valence-corrected chi connectivity index (χ3v) is 10.5. The first-order valence-electron chi connectivity index (χ1n) is 13.5. The zero-order valence-electron chi connectivity index (χ0n) is 22.9. The molecule has 0 bridgehead atoms. The number of amides is 4. The number of hydrogen-bond donors (Lipinski definition) is 1. The fourth-order valence-corrected chi connectivity index (χ4v) is 8.22. The predicted octanol–water partition coefficient (Wildman–Crippen LogP) is 4.13. The number of alkyl halides is 2. The van der Waals surface area contributed by atoms with Crippen LogP contribution in [0.15, 0.2) is 48.0 Å². The largest absolute Gasteiger partial charge is 0.508 e. The number of carbonyl (C=O) groups is 4. The van der Waals surface area contributed by atoms with Gasteiger partial charge in [-0.3, -0.25) is 24.1 Å². The van der Waals surface area contributed by atoms with Crippen LogP contribution < -0.4 is 14.4 Å². The topological polar surface area (TPSA) is 113 Å². The zero-order chi connectivity index (χ0) is 30.3. The number of ether oxygens (including phenoxy) is 2. The predicted molar refractivity (Wildman–Crippen MR) is 150 cm³/mol. The Kier molecular flexibility index (Phi) is 6.58. The van der Waals surface area contributed by atoms with Crippen LogP contribution in [0, 0.1) is 23.6 Å². The van der Waals surface area contributed by atoms with Crippen molar-refractivity contribution in [3.8, 4) is 17.2 Å². The fraction of sp³-hybridized carbons (Fsp3) is 0.400. The van der Waals surface area contributed by atoms with E-state index in [1.54, 1.807) is 13.0 Å². The van der Waals surface area contributed by atoms with E-state index >= 15 is 0 Å². The van der Waals surface area contributed by atoms with Crippen LogP contribution in [0.25, 0.3) is 0 Å². The van der Waals surface area contributed by atoms with Crippen LogP contribution in [0.3, 0.4) is 0 Å². The summed E-state index contributed by atoms with van der Waals surface area (Å²) in [5, 5.41) is 10.4. The van der Waals surface area contributed by atoms with E-state index in [0.717, 1.165) is 17.0 Å². The van der Waals surface area contributed by atoms with Gasteiger partial charge in [-0.15, -0.1) is 23.2 Å². The summed E-state index contributed by atoms with van der Waals surface area (Å²) < 4.78 is 25.0. The average molecular weight is 617 g/mol. The van der Waals surface area contributed by atoms with Gasteiger partial charge in [-0.25, -0.2) is 9.29 Å². The van der Waals surface area contributed by atoms with Crippen LogP contribution in [-0.4, -0.2) is 64.1 Å². The number of allylic oxidation sites excluding steroid dienone is 2. The minimum Gasteiger partial charge on any atom is -0.508 e. The number of fused-ring (bicyclic) bond motifs is 4. The monoisotopic (exact) mass is 616 g/mol. The highest BCUT2D eigenvalue weighted by Gasteiger charge is 2.77.